The second-order valence-electron chi connectivity index (χ2n) is 5.85. The molecule has 6 nitrogen and oxygen atoms in total. The van der Waals surface area contributed by atoms with Crippen LogP contribution in [0.3, 0.4) is 0 Å². The number of sulfonamides is 1. The Kier molecular flexibility index (Phi) is 5.19. The Morgan fingerprint density at radius 1 is 1.15 bits per heavy atom. The summed E-state index contributed by atoms with van der Waals surface area (Å²) in [4.78, 5) is 0.149. The molecule has 0 radical (unpaired) electrons. The van der Waals surface area contributed by atoms with Crippen molar-refractivity contribution in [2.75, 3.05) is 14.1 Å². The highest BCUT2D eigenvalue weighted by molar-refractivity contribution is 7.98. The van der Waals surface area contributed by atoms with Crippen molar-refractivity contribution in [1.82, 2.24) is 18.9 Å². The fourth-order valence-electron chi connectivity index (χ4n) is 2.29. The number of pyridine rings is 1. The van der Waals surface area contributed by atoms with E-state index in [1.54, 1.807) is 12.1 Å². The van der Waals surface area contributed by atoms with Crippen LogP contribution in [0.2, 0.25) is 0 Å². The van der Waals surface area contributed by atoms with Crippen LogP contribution in [-0.4, -0.2) is 41.4 Å². The quantitative estimate of drug-likeness (QED) is 0.597. The fraction of sp³-hybridized carbons (Fsp3) is 0.250. The molecule has 0 unspecified atom stereocenters. The number of rotatable bonds is 5. The summed E-state index contributed by atoms with van der Waals surface area (Å²) >= 11 is 1.17. The monoisotopic (exact) mass is 416 g/mol. The van der Waals surface area contributed by atoms with Gasteiger partial charge in [0.25, 0.3) is 0 Å². The van der Waals surface area contributed by atoms with Crippen molar-refractivity contribution in [3.05, 3.63) is 53.7 Å². The number of fused-ring (bicyclic) bond motifs is 1. The first kappa shape index (κ1) is 19.6. The summed E-state index contributed by atoms with van der Waals surface area (Å²) in [6.45, 7) is 0. The van der Waals surface area contributed by atoms with Gasteiger partial charge in [0.1, 0.15) is 0 Å². The van der Waals surface area contributed by atoms with Crippen LogP contribution in [0.1, 0.15) is 11.1 Å². The predicted octanol–water partition coefficient (Wildman–Crippen LogP) is 3.29. The van der Waals surface area contributed by atoms with Crippen molar-refractivity contribution in [2.45, 2.75) is 22.0 Å². The van der Waals surface area contributed by atoms with Gasteiger partial charge in [-0.15, -0.1) is 10.2 Å². The van der Waals surface area contributed by atoms with Gasteiger partial charge in [-0.25, -0.2) is 12.7 Å². The minimum Gasteiger partial charge on any atom is -0.277 e. The topological polar surface area (TPSA) is 67.6 Å². The molecule has 0 saturated carbocycles. The minimum absolute atomic E-state index is 0.149. The Bertz CT molecular complexity index is 1080. The number of thioether (sulfide) groups is 1. The molecule has 0 aliphatic heterocycles. The van der Waals surface area contributed by atoms with Crippen LogP contribution >= 0.6 is 11.8 Å². The predicted molar refractivity (Wildman–Crippen MR) is 94.9 cm³/mol. The Morgan fingerprint density at radius 2 is 1.89 bits per heavy atom. The maximum Gasteiger partial charge on any atom is 0.417 e. The van der Waals surface area contributed by atoms with Gasteiger partial charge in [-0.05, 0) is 29.8 Å². The lowest BCUT2D eigenvalue weighted by Gasteiger charge is -2.12. The highest BCUT2D eigenvalue weighted by Gasteiger charge is 2.31. The van der Waals surface area contributed by atoms with Crippen molar-refractivity contribution in [3.63, 3.8) is 0 Å². The molecule has 27 heavy (non-hydrogen) atoms. The van der Waals surface area contributed by atoms with Gasteiger partial charge in [0.2, 0.25) is 10.0 Å². The Labute approximate surface area is 158 Å². The Morgan fingerprint density at radius 3 is 2.56 bits per heavy atom. The zero-order valence-electron chi connectivity index (χ0n) is 14.3. The third-order valence-electron chi connectivity index (χ3n) is 3.74. The number of halogens is 3. The summed E-state index contributed by atoms with van der Waals surface area (Å²) in [6, 6.07) is 8.60. The van der Waals surface area contributed by atoms with E-state index in [2.05, 4.69) is 10.2 Å². The standard InChI is InChI=1S/C16H15F3N4O2S2/c1-22(2)27(24,25)13-5-3-4-11(8-13)10-26-15-21-20-14-7-6-12(9-23(14)15)16(17,18)19/h3-9H,10H2,1-2H3. The number of alkyl halides is 3. The van der Waals surface area contributed by atoms with Gasteiger partial charge in [0, 0.05) is 26.0 Å². The van der Waals surface area contributed by atoms with Gasteiger partial charge in [0.15, 0.2) is 10.8 Å². The molecule has 11 heteroatoms. The van der Waals surface area contributed by atoms with E-state index in [-0.39, 0.29) is 10.1 Å². The van der Waals surface area contributed by atoms with Gasteiger partial charge in [-0.2, -0.15) is 13.2 Å². The van der Waals surface area contributed by atoms with Crippen LogP contribution < -0.4 is 0 Å². The van der Waals surface area contributed by atoms with E-state index in [0.29, 0.717) is 17.0 Å². The third-order valence-corrected chi connectivity index (χ3v) is 6.57. The molecule has 144 valence electrons. The molecule has 0 saturated heterocycles. The molecule has 2 aromatic heterocycles. The second-order valence-corrected chi connectivity index (χ2v) is 8.94. The Hall–Kier alpha value is -2.11. The van der Waals surface area contributed by atoms with Gasteiger partial charge < -0.3 is 0 Å². The molecule has 0 aliphatic carbocycles. The summed E-state index contributed by atoms with van der Waals surface area (Å²) in [5.74, 6) is 0.327. The van der Waals surface area contributed by atoms with Crippen molar-refractivity contribution in [2.24, 2.45) is 0 Å². The van der Waals surface area contributed by atoms with E-state index < -0.39 is 21.8 Å². The van der Waals surface area contributed by atoms with Crippen molar-refractivity contribution >= 4 is 27.4 Å². The SMILES string of the molecule is CN(C)S(=O)(=O)c1cccc(CSc2nnc3ccc(C(F)(F)F)cn23)c1. The molecule has 3 aromatic rings. The van der Waals surface area contributed by atoms with E-state index in [0.717, 1.165) is 16.6 Å². The maximum absolute atomic E-state index is 12.9. The molecule has 0 N–H and O–H groups in total. The average molecular weight is 416 g/mol. The third kappa shape index (κ3) is 4.09. The normalized spacial score (nSPS) is 12.8. The highest BCUT2D eigenvalue weighted by Crippen LogP contribution is 2.30. The number of benzene rings is 1. The van der Waals surface area contributed by atoms with Crippen LogP contribution in [0.25, 0.3) is 5.65 Å². The van der Waals surface area contributed by atoms with E-state index in [1.165, 1.54) is 48.5 Å². The molecule has 0 amide bonds. The van der Waals surface area contributed by atoms with Crippen molar-refractivity contribution in [3.8, 4) is 0 Å². The molecule has 0 bridgehead atoms. The highest BCUT2D eigenvalue weighted by atomic mass is 32.2. The number of aromatic nitrogens is 3. The van der Waals surface area contributed by atoms with E-state index in [1.807, 2.05) is 0 Å². The van der Waals surface area contributed by atoms with E-state index >= 15 is 0 Å². The summed E-state index contributed by atoms with van der Waals surface area (Å²) in [5.41, 5.74) is 0.205. The fourth-order valence-corrected chi connectivity index (χ4v) is 4.12. The second kappa shape index (κ2) is 7.13. The van der Waals surface area contributed by atoms with Gasteiger partial charge in [-0.3, -0.25) is 4.40 Å². The molecular weight excluding hydrogens is 401 g/mol. The zero-order valence-corrected chi connectivity index (χ0v) is 15.9. The molecule has 2 heterocycles. The molecule has 1 aromatic carbocycles. The van der Waals surface area contributed by atoms with Crippen LogP contribution in [-0.2, 0) is 22.0 Å². The molecule has 0 fully saturated rings. The first-order valence-corrected chi connectivity index (χ1v) is 10.1. The molecule has 0 atom stereocenters. The first-order valence-electron chi connectivity index (χ1n) is 7.65. The van der Waals surface area contributed by atoms with Crippen LogP contribution in [0.15, 0.2) is 52.6 Å². The molecule has 0 spiro atoms. The van der Waals surface area contributed by atoms with Crippen molar-refractivity contribution < 1.29 is 21.6 Å². The lowest BCUT2D eigenvalue weighted by atomic mass is 10.2. The van der Waals surface area contributed by atoms with Gasteiger partial charge >= 0.3 is 6.18 Å². The Balaban J connectivity index is 1.85. The lowest BCUT2D eigenvalue weighted by molar-refractivity contribution is -0.137. The number of hydrogen-bond donors (Lipinski definition) is 0. The minimum atomic E-state index is -4.46. The largest absolute Gasteiger partial charge is 0.417 e. The summed E-state index contributed by atoms with van der Waals surface area (Å²) in [5, 5.41) is 8.06. The molecular formula is C16H15F3N4O2S2. The summed E-state index contributed by atoms with van der Waals surface area (Å²) in [7, 11) is -0.679. The van der Waals surface area contributed by atoms with Gasteiger partial charge in [-0.1, -0.05) is 23.9 Å². The average Bonchev–Trinajstić information content (AvgIpc) is 3.01. The number of nitrogens with zero attached hydrogens (tertiary/aromatic N) is 4. The number of hydrogen-bond acceptors (Lipinski definition) is 5. The first-order chi connectivity index (χ1) is 12.6. The molecule has 3 rings (SSSR count). The lowest BCUT2D eigenvalue weighted by Crippen LogP contribution is -2.22. The maximum atomic E-state index is 12.9. The van der Waals surface area contributed by atoms with Crippen LogP contribution in [0, 0.1) is 0 Å². The summed E-state index contributed by atoms with van der Waals surface area (Å²) in [6.07, 6.45) is -3.51. The van der Waals surface area contributed by atoms with Crippen molar-refractivity contribution in [1.29, 1.82) is 0 Å². The van der Waals surface area contributed by atoms with Gasteiger partial charge in [0.05, 0.1) is 10.5 Å². The zero-order chi connectivity index (χ0) is 19.8. The van der Waals surface area contributed by atoms with Crippen LogP contribution in [0.4, 0.5) is 13.2 Å². The smallest absolute Gasteiger partial charge is 0.277 e. The van der Waals surface area contributed by atoms with E-state index in [4.69, 9.17) is 0 Å². The van der Waals surface area contributed by atoms with E-state index in [9.17, 15) is 21.6 Å². The summed E-state index contributed by atoms with van der Waals surface area (Å²) < 4.78 is 65.5. The van der Waals surface area contributed by atoms with Crippen LogP contribution in [0.5, 0.6) is 0 Å². The molecule has 0 aliphatic rings.